The Morgan fingerprint density at radius 1 is 1.47 bits per heavy atom. The van der Waals surface area contributed by atoms with Crippen molar-refractivity contribution in [3.05, 3.63) is 24.3 Å². The number of para-hydroxylation sites is 2. The number of carbonyl (C=O) groups is 1. The molecule has 2 N–H and O–H groups in total. The maximum absolute atomic E-state index is 12.4. The molecule has 1 aromatic rings. The summed E-state index contributed by atoms with van der Waals surface area (Å²) in [5.74, 6) is 0.554. The molecular weight excluding hydrogens is 244 g/mol. The molecule has 1 aromatic carbocycles. The van der Waals surface area contributed by atoms with E-state index in [9.17, 15) is 9.90 Å². The van der Waals surface area contributed by atoms with E-state index in [1.807, 2.05) is 31.2 Å². The van der Waals surface area contributed by atoms with Crippen molar-refractivity contribution in [2.45, 2.75) is 25.4 Å². The first kappa shape index (κ1) is 13.8. The maximum atomic E-state index is 12.4. The highest BCUT2D eigenvalue weighted by Crippen LogP contribution is 2.29. The molecular formula is C14H20N2O3. The van der Waals surface area contributed by atoms with Crippen LogP contribution in [0.1, 0.15) is 13.3 Å². The summed E-state index contributed by atoms with van der Waals surface area (Å²) in [5.41, 5.74) is 0.754. The summed E-state index contributed by atoms with van der Waals surface area (Å²) in [6.45, 7) is 2.43. The Hall–Kier alpha value is -1.59. The molecule has 0 bridgehead atoms. The van der Waals surface area contributed by atoms with Gasteiger partial charge in [-0.2, -0.15) is 0 Å². The van der Waals surface area contributed by atoms with Crippen molar-refractivity contribution in [2.24, 2.45) is 0 Å². The Bertz CT molecular complexity index is 450. The predicted octanol–water partition coefficient (Wildman–Crippen LogP) is 0.771. The first-order valence-electron chi connectivity index (χ1n) is 6.48. The van der Waals surface area contributed by atoms with Crippen molar-refractivity contribution in [3.8, 4) is 5.75 Å². The molecule has 0 radical (unpaired) electrons. The van der Waals surface area contributed by atoms with Gasteiger partial charge in [0.1, 0.15) is 11.8 Å². The van der Waals surface area contributed by atoms with Crippen LogP contribution in [0.2, 0.25) is 0 Å². The number of hydrogen-bond donors (Lipinski definition) is 2. The molecule has 1 saturated heterocycles. The normalized spacial score (nSPS) is 24.2. The van der Waals surface area contributed by atoms with Gasteiger partial charge in [-0.3, -0.25) is 4.79 Å². The number of aliphatic hydroxyl groups is 1. The Morgan fingerprint density at radius 3 is 2.89 bits per heavy atom. The van der Waals surface area contributed by atoms with E-state index in [4.69, 9.17) is 4.74 Å². The summed E-state index contributed by atoms with van der Waals surface area (Å²) in [7, 11) is 1.59. The Balaban J connectivity index is 2.33. The van der Waals surface area contributed by atoms with Crippen LogP contribution in [-0.4, -0.2) is 43.4 Å². The standard InChI is InChI=1S/C14H20N2O3/c1-10-7-8-16(14(18)11(9-17)15-10)12-5-3-4-6-13(12)19-2/h3-6,10-11,15,17H,7-9H2,1-2H3. The lowest BCUT2D eigenvalue weighted by molar-refractivity contribution is -0.121. The minimum atomic E-state index is -0.553. The van der Waals surface area contributed by atoms with Gasteiger partial charge in [0.25, 0.3) is 0 Å². The second kappa shape index (κ2) is 6.04. The highest BCUT2D eigenvalue weighted by atomic mass is 16.5. The zero-order valence-corrected chi connectivity index (χ0v) is 11.3. The fraction of sp³-hybridized carbons (Fsp3) is 0.500. The molecule has 0 aliphatic carbocycles. The van der Waals surface area contributed by atoms with Crippen molar-refractivity contribution in [1.82, 2.24) is 5.32 Å². The summed E-state index contributed by atoms with van der Waals surface area (Å²) in [6, 6.07) is 7.08. The van der Waals surface area contributed by atoms with E-state index in [1.165, 1.54) is 0 Å². The SMILES string of the molecule is COc1ccccc1N1CCC(C)NC(CO)C1=O. The van der Waals surface area contributed by atoms with Crippen molar-refractivity contribution < 1.29 is 14.6 Å². The van der Waals surface area contributed by atoms with Gasteiger partial charge in [-0.05, 0) is 25.5 Å². The summed E-state index contributed by atoms with van der Waals surface area (Å²) in [4.78, 5) is 14.1. The van der Waals surface area contributed by atoms with E-state index in [1.54, 1.807) is 12.0 Å². The number of rotatable bonds is 3. The van der Waals surface area contributed by atoms with Gasteiger partial charge in [-0.25, -0.2) is 0 Å². The Morgan fingerprint density at radius 2 is 2.21 bits per heavy atom. The third kappa shape index (κ3) is 2.88. The van der Waals surface area contributed by atoms with E-state index in [2.05, 4.69) is 5.32 Å². The van der Waals surface area contributed by atoms with Gasteiger partial charge in [0, 0.05) is 12.6 Å². The summed E-state index contributed by atoms with van der Waals surface area (Å²) >= 11 is 0. The van der Waals surface area contributed by atoms with Crippen LogP contribution in [0, 0.1) is 0 Å². The number of carbonyl (C=O) groups excluding carboxylic acids is 1. The topological polar surface area (TPSA) is 61.8 Å². The van der Waals surface area contributed by atoms with E-state index in [0.717, 1.165) is 12.1 Å². The molecule has 0 spiro atoms. The molecule has 19 heavy (non-hydrogen) atoms. The van der Waals surface area contributed by atoms with E-state index >= 15 is 0 Å². The third-order valence-corrected chi connectivity index (χ3v) is 3.39. The monoisotopic (exact) mass is 264 g/mol. The van der Waals surface area contributed by atoms with Gasteiger partial charge in [0.2, 0.25) is 5.91 Å². The second-order valence-electron chi connectivity index (χ2n) is 4.75. The number of benzene rings is 1. The molecule has 1 amide bonds. The van der Waals surface area contributed by atoms with Crippen molar-refractivity contribution in [2.75, 3.05) is 25.2 Å². The van der Waals surface area contributed by atoms with Crippen LogP contribution in [-0.2, 0) is 4.79 Å². The lowest BCUT2D eigenvalue weighted by Crippen LogP contribution is -2.47. The fourth-order valence-corrected chi connectivity index (χ4v) is 2.34. The average Bonchev–Trinajstić information content (AvgIpc) is 2.58. The molecule has 0 aromatic heterocycles. The second-order valence-corrected chi connectivity index (χ2v) is 4.75. The van der Waals surface area contributed by atoms with Crippen LogP contribution >= 0.6 is 0 Å². The number of anilines is 1. The number of aliphatic hydroxyl groups excluding tert-OH is 1. The molecule has 0 saturated carbocycles. The minimum absolute atomic E-state index is 0.114. The number of amides is 1. The quantitative estimate of drug-likeness (QED) is 0.846. The Kier molecular flexibility index (Phi) is 4.39. The van der Waals surface area contributed by atoms with Gasteiger partial charge in [-0.1, -0.05) is 12.1 Å². The summed E-state index contributed by atoms with van der Waals surface area (Å²) in [5, 5.41) is 12.5. The zero-order chi connectivity index (χ0) is 13.8. The molecule has 1 heterocycles. The van der Waals surface area contributed by atoms with Gasteiger partial charge < -0.3 is 20.1 Å². The maximum Gasteiger partial charge on any atom is 0.246 e. The van der Waals surface area contributed by atoms with Crippen LogP contribution < -0.4 is 15.0 Å². The van der Waals surface area contributed by atoms with Crippen LogP contribution in [0.25, 0.3) is 0 Å². The minimum Gasteiger partial charge on any atom is -0.495 e. The molecule has 5 heteroatoms. The highest BCUT2D eigenvalue weighted by molar-refractivity contribution is 5.98. The van der Waals surface area contributed by atoms with Crippen LogP contribution in [0.4, 0.5) is 5.69 Å². The molecule has 2 unspecified atom stereocenters. The number of methoxy groups -OCH3 is 1. The summed E-state index contributed by atoms with van der Waals surface area (Å²) in [6.07, 6.45) is 0.834. The molecule has 2 rings (SSSR count). The van der Waals surface area contributed by atoms with Gasteiger partial charge >= 0.3 is 0 Å². The van der Waals surface area contributed by atoms with Crippen LogP contribution in [0.15, 0.2) is 24.3 Å². The molecule has 2 atom stereocenters. The van der Waals surface area contributed by atoms with Crippen molar-refractivity contribution in [1.29, 1.82) is 0 Å². The molecule has 1 fully saturated rings. The van der Waals surface area contributed by atoms with E-state index < -0.39 is 6.04 Å². The smallest absolute Gasteiger partial charge is 0.246 e. The van der Waals surface area contributed by atoms with Crippen molar-refractivity contribution >= 4 is 11.6 Å². The molecule has 1 aliphatic heterocycles. The van der Waals surface area contributed by atoms with Gasteiger partial charge in [-0.15, -0.1) is 0 Å². The molecule has 104 valence electrons. The molecule has 1 aliphatic rings. The third-order valence-electron chi connectivity index (χ3n) is 3.39. The van der Waals surface area contributed by atoms with Gasteiger partial charge in [0.15, 0.2) is 0 Å². The Labute approximate surface area is 113 Å². The average molecular weight is 264 g/mol. The first-order valence-corrected chi connectivity index (χ1v) is 6.48. The molecule has 5 nitrogen and oxygen atoms in total. The lowest BCUT2D eigenvalue weighted by atomic mass is 10.2. The van der Waals surface area contributed by atoms with Crippen LogP contribution in [0.3, 0.4) is 0 Å². The number of nitrogens with one attached hydrogen (secondary N) is 1. The fourth-order valence-electron chi connectivity index (χ4n) is 2.34. The van der Waals surface area contributed by atoms with Crippen LogP contribution in [0.5, 0.6) is 5.75 Å². The number of nitrogens with zero attached hydrogens (tertiary/aromatic N) is 1. The summed E-state index contributed by atoms with van der Waals surface area (Å²) < 4.78 is 5.31. The van der Waals surface area contributed by atoms with E-state index in [0.29, 0.717) is 12.3 Å². The predicted molar refractivity (Wildman–Crippen MR) is 73.4 cm³/mol. The lowest BCUT2D eigenvalue weighted by Gasteiger charge is -2.25. The zero-order valence-electron chi connectivity index (χ0n) is 11.3. The van der Waals surface area contributed by atoms with E-state index in [-0.39, 0.29) is 18.6 Å². The van der Waals surface area contributed by atoms with Gasteiger partial charge in [0.05, 0.1) is 19.4 Å². The highest BCUT2D eigenvalue weighted by Gasteiger charge is 2.30. The van der Waals surface area contributed by atoms with Crippen molar-refractivity contribution in [3.63, 3.8) is 0 Å². The number of ether oxygens (including phenoxy) is 1. The largest absolute Gasteiger partial charge is 0.495 e. The first-order chi connectivity index (χ1) is 9.17. The number of hydrogen-bond acceptors (Lipinski definition) is 4.